The molecule has 1 aromatic rings. The maximum absolute atomic E-state index is 10.4. The summed E-state index contributed by atoms with van der Waals surface area (Å²) in [6.45, 7) is 0. The number of hydrogen-bond donors (Lipinski definition) is 0. The van der Waals surface area contributed by atoms with E-state index in [2.05, 4.69) is 0 Å². The number of carbonyl (C=O) groups is 1. The molecule has 62 valence electrons. The number of aldehydes is 1. The molecule has 13 heavy (non-hydrogen) atoms. The van der Waals surface area contributed by atoms with Crippen LogP contribution in [0.15, 0.2) is 24.3 Å². The Morgan fingerprint density at radius 3 is 2.85 bits per heavy atom. The molecule has 0 unspecified atom stereocenters. The van der Waals surface area contributed by atoms with E-state index in [0.29, 0.717) is 17.4 Å². The molecule has 0 saturated heterocycles. The highest BCUT2D eigenvalue weighted by Crippen LogP contribution is 2.11. The van der Waals surface area contributed by atoms with E-state index in [1.807, 2.05) is 0 Å². The highest BCUT2D eigenvalue weighted by Gasteiger charge is 1.98. The van der Waals surface area contributed by atoms with Crippen molar-refractivity contribution in [1.82, 2.24) is 0 Å². The van der Waals surface area contributed by atoms with Gasteiger partial charge in [0.2, 0.25) is 0 Å². The molecule has 0 aliphatic heterocycles. The number of nitriles is 1. The number of rotatable bonds is 2. The SMILES string of the molecule is N#CC(=C=[N-])c1cccc(C=O)c1. The lowest BCUT2D eigenvalue weighted by Crippen LogP contribution is -1.85. The maximum atomic E-state index is 10.4. The molecule has 0 amide bonds. The van der Waals surface area contributed by atoms with Gasteiger partial charge in [-0.25, -0.2) is 5.87 Å². The Morgan fingerprint density at radius 2 is 2.31 bits per heavy atom. The first-order chi connectivity index (χ1) is 6.31. The molecule has 0 aliphatic rings. The zero-order valence-corrected chi connectivity index (χ0v) is 6.69. The van der Waals surface area contributed by atoms with Crippen molar-refractivity contribution in [2.24, 2.45) is 0 Å². The summed E-state index contributed by atoms with van der Waals surface area (Å²) < 4.78 is 0. The van der Waals surface area contributed by atoms with Crippen molar-refractivity contribution in [3.8, 4) is 6.07 Å². The largest absolute Gasteiger partial charge is 0.762 e. The van der Waals surface area contributed by atoms with Crippen molar-refractivity contribution in [1.29, 1.82) is 5.26 Å². The van der Waals surface area contributed by atoms with Crippen molar-refractivity contribution in [3.63, 3.8) is 0 Å². The molecule has 3 nitrogen and oxygen atoms in total. The van der Waals surface area contributed by atoms with E-state index >= 15 is 0 Å². The van der Waals surface area contributed by atoms with Crippen LogP contribution in [-0.2, 0) is 0 Å². The molecular formula is C10H5N2O-. The quantitative estimate of drug-likeness (QED) is 0.384. The molecule has 0 N–H and O–H groups in total. The summed E-state index contributed by atoms with van der Waals surface area (Å²) in [7, 11) is 0. The average Bonchev–Trinajstić information content (AvgIpc) is 2.20. The van der Waals surface area contributed by atoms with E-state index in [0.717, 1.165) is 0 Å². The van der Waals surface area contributed by atoms with Crippen molar-refractivity contribution in [2.45, 2.75) is 0 Å². The topological polar surface area (TPSA) is 63.2 Å². The minimum Gasteiger partial charge on any atom is -0.762 e. The number of benzene rings is 1. The normalized spacial score (nSPS) is 8.23. The molecule has 1 rings (SSSR count). The summed E-state index contributed by atoms with van der Waals surface area (Å²) in [5, 5.41) is 17.1. The van der Waals surface area contributed by atoms with Crippen molar-refractivity contribution < 1.29 is 4.79 Å². The highest BCUT2D eigenvalue weighted by molar-refractivity contribution is 5.99. The molecular weight excluding hydrogens is 164 g/mol. The molecule has 0 radical (unpaired) electrons. The van der Waals surface area contributed by atoms with E-state index in [-0.39, 0.29) is 5.57 Å². The highest BCUT2D eigenvalue weighted by atomic mass is 16.1. The molecule has 3 heteroatoms. The molecule has 0 fully saturated rings. The van der Waals surface area contributed by atoms with Crippen LogP contribution in [0.5, 0.6) is 0 Å². The molecule has 0 saturated carbocycles. The molecule has 0 aliphatic carbocycles. The van der Waals surface area contributed by atoms with Gasteiger partial charge in [0.25, 0.3) is 0 Å². The molecule has 1 aromatic carbocycles. The Kier molecular flexibility index (Phi) is 2.75. The van der Waals surface area contributed by atoms with Crippen LogP contribution in [0.3, 0.4) is 0 Å². The van der Waals surface area contributed by atoms with E-state index < -0.39 is 0 Å². The van der Waals surface area contributed by atoms with Gasteiger partial charge >= 0.3 is 0 Å². The van der Waals surface area contributed by atoms with Crippen LogP contribution in [0.2, 0.25) is 0 Å². The summed E-state index contributed by atoms with van der Waals surface area (Å²) in [5.74, 6) is 1.76. The first-order valence-electron chi connectivity index (χ1n) is 3.54. The minimum atomic E-state index is 0.0173. The fourth-order valence-electron chi connectivity index (χ4n) is 0.922. The summed E-state index contributed by atoms with van der Waals surface area (Å²) in [5.41, 5.74) is 0.957. The van der Waals surface area contributed by atoms with Gasteiger partial charge in [0.1, 0.15) is 12.4 Å². The second-order valence-electron chi connectivity index (χ2n) is 2.34. The molecule has 0 atom stereocenters. The van der Waals surface area contributed by atoms with Crippen LogP contribution >= 0.6 is 0 Å². The van der Waals surface area contributed by atoms with Crippen molar-refractivity contribution >= 4 is 17.7 Å². The van der Waals surface area contributed by atoms with Gasteiger partial charge in [-0.3, -0.25) is 4.79 Å². The van der Waals surface area contributed by atoms with Crippen LogP contribution in [0.4, 0.5) is 0 Å². The summed E-state index contributed by atoms with van der Waals surface area (Å²) in [6.07, 6.45) is 0.676. The van der Waals surface area contributed by atoms with E-state index in [1.54, 1.807) is 30.1 Å². The van der Waals surface area contributed by atoms with E-state index in [4.69, 9.17) is 10.7 Å². The lowest BCUT2D eigenvalue weighted by Gasteiger charge is -1.97. The summed E-state index contributed by atoms with van der Waals surface area (Å²) in [6, 6.07) is 8.13. The molecule has 0 heterocycles. The predicted octanol–water partition coefficient (Wildman–Crippen LogP) is 1.65. The van der Waals surface area contributed by atoms with E-state index in [1.165, 1.54) is 6.07 Å². The second-order valence-corrected chi connectivity index (χ2v) is 2.34. The minimum absolute atomic E-state index is 0.0173. The Balaban J connectivity index is 3.24. The average molecular weight is 169 g/mol. The zero-order chi connectivity index (χ0) is 9.68. The van der Waals surface area contributed by atoms with Crippen LogP contribution in [-0.4, -0.2) is 12.2 Å². The van der Waals surface area contributed by atoms with Gasteiger partial charge in [0.05, 0.1) is 5.57 Å². The summed E-state index contributed by atoms with van der Waals surface area (Å²) in [4.78, 5) is 10.4. The predicted molar refractivity (Wildman–Crippen MR) is 49.2 cm³/mol. The number of carbonyl (C=O) groups excluding carboxylic acids is 1. The zero-order valence-electron chi connectivity index (χ0n) is 6.69. The van der Waals surface area contributed by atoms with Crippen LogP contribution in [0.1, 0.15) is 15.9 Å². The van der Waals surface area contributed by atoms with Gasteiger partial charge in [0.15, 0.2) is 0 Å². The van der Waals surface area contributed by atoms with Gasteiger partial charge in [-0.1, -0.05) is 18.2 Å². The van der Waals surface area contributed by atoms with Gasteiger partial charge < -0.3 is 5.41 Å². The Hall–Kier alpha value is -2.17. The molecule has 0 spiro atoms. The number of hydrogen-bond acceptors (Lipinski definition) is 2. The second kappa shape index (κ2) is 4.01. The fourth-order valence-corrected chi connectivity index (χ4v) is 0.922. The molecule has 0 bridgehead atoms. The van der Waals surface area contributed by atoms with Gasteiger partial charge in [-0.05, 0) is 11.6 Å². The lowest BCUT2D eigenvalue weighted by molar-refractivity contribution is 0.112. The first-order valence-corrected chi connectivity index (χ1v) is 3.54. The first kappa shape index (κ1) is 8.92. The monoisotopic (exact) mass is 169 g/mol. The van der Waals surface area contributed by atoms with Gasteiger partial charge in [-0.15, -0.1) is 0 Å². The van der Waals surface area contributed by atoms with Gasteiger partial charge in [0, 0.05) is 5.56 Å². The number of allylic oxidation sites excluding steroid dienone is 1. The van der Waals surface area contributed by atoms with Crippen LogP contribution in [0, 0.1) is 11.3 Å². The third kappa shape index (κ3) is 1.90. The Bertz CT molecular complexity index is 423. The maximum Gasteiger partial charge on any atom is 0.150 e. The van der Waals surface area contributed by atoms with Crippen LogP contribution in [0.25, 0.3) is 11.0 Å². The van der Waals surface area contributed by atoms with Crippen LogP contribution < -0.4 is 0 Å². The lowest BCUT2D eigenvalue weighted by atomic mass is 10.1. The third-order valence-electron chi connectivity index (χ3n) is 1.53. The third-order valence-corrected chi connectivity index (χ3v) is 1.53. The Labute approximate surface area is 75.4 Å². The van der Waals surface area contributed by atoms with Gasteiger partial charge in [-0.2, -0.15) is 5.26 Å². The van der Waals surface area contributed by atoms with Crippen molar-refractivity contribution in [2.75, 3.05) is 0 Å². The summed E-state index contributed by atoms with van der Waals surface area (Å²) >= 11 is 0. The fraction of sp³-hybridized carbons (Fsp3) is 0. The van der Waals surface area contributed by atoms with E-state index in [9.17, 15) is 4.79 Å². The smallest absolute Gasteiger partial charge is 0.150 e. The Morgan fingerprint density at radius 1 is 1.54 bits per heavy atom. The molecule has 0 aromatic heterocycles. The van der Waals surface area contributed by atoms with Crippen molar-refractivity contribution in [3.05, 3.63) is 40.8 Å². The standard InChI is InChI=1S/C10H5N2O/c11-5-10(6-12)9-3-1-2-8(4-9)7-13/h1-4,7H/q-1. The number of nitrogens with zero attached hydrogens (tertiary/aromatic N) is 2.